The summed E-state index contributed by atoms with van der Waals surface area (Å²) in [6, 6.07) is 5.30. The molecule has 3 aromatic heterocycles. The molecule has 0 unspecified atom stereocenters. The Morgan fingerprint density at radius 3 is 2.60 bits per heavy atom. The number of thiophene rings is 1. The van der Waals surface area contributed by atoms with Crippen molar-refractivity contribution in [3.63, 3.8) is 0 Å². The summed E-state index contributed by atoms with van der Waals surface area (Å²) in [6.07, 6.45) is 5.29. The zero-order valence-corrected chi connectivity index (χ0v) is 30.8. The maximum absolute atomic E-state index is 16.9. The van der Waals surface area contributed by atoms with E-state index in [1.54, 1.807) is 6.20 Å². The van der Waals surface area contributed by atoms with E-state index >= 15 is 8.78 Å². The van der Waals surface area contributed by atoms with Gasteiger partial charge in [-0.15, -0.1) is 11.3 Å². The van der Waals surface area contributed by atoms with Crippen molar-refractivity contribution in [2.75, 3.05) is 63.1 Å². The third-order valence-electron chi connectivity index (χ3n) is 12.0. The zero-order valence-electron chi connectivity index (χ0n) is 30.0. The number of nitrogens with two attached hydrogens (primary N) is 1. The lowest BCUT2D eigenvalue weighted by Crippen LogP contribution is -2.51. The molecule has 11 nitrogen and oxygen atoms in total. The number of ether oxygens (including phenoxy) is 2. The third kappa shape index (κ3) is 6.26. The first-order valence-corrected chi connectivity index (χ1v) is 19.6. The minimum Gasteiger partial charge on any atom is -0.461 e. The first-order valence-electron chi connectivity index (χ1n) is 18.8. The smallest absolute Gasteiger partial charge is 0.319 e. The standard InChI is InChI=1S/C38H44F3N9O2S/c1-20-13-48(14-21(2)52-20)8-7-22-9-38(10-23(39)16-50(38)15-22)19-51-37-46-33-28(36(47-37)49-17-24-3-4-25(18-49)45-24)12-44-32(31(33)41)26-5-6-29(40)34-30(26)27(11-42)35(43)53-34/h5-6,12,20-25,45H,3-4,7-10,13-19,43H2,1-2H3/t20-,21+,22-,23+,24-,25+,38-/m0/s1. The lowest BCUT2D eigenvalue weighted by Gasteiger charge is -2.35. The van der Waals surface area contributed by atoms with Crippen LogP contribution in [0, 0.1) is 28.9 Å². The molecule has 2 bridgehead atoms. The Labute approximate surface area is 310 Å². The maximum Gasteiger partial charge on any atom is 0.319 e. The summed E-state index contributed by atoms with van der Waals surface area (Å²) in [5.41, 5.74) is 5.87. The molecule has 53 heavy (non-hydrogen) atoms. The number of anilines is 2. The molecule has 7 atom stereocenters. The van der Waals surface area contributed by atoms with Gasteiger partial charge in [-0.3, -0.25) is 14.8 Å². The lowest BCUT2D eigenvalue weighted by atomic mass is 9.89. The van der Waals surface area contributed by atoms with Crippen LogP contribution in [0.3, 0.4) is 0 Å². The Kier molecular flexibility index (Phi) is 8.89. The van der Waals surface area contributed by atoms with Gasteiger partial charge >= 0.3 is 6.01 Å². The number of nitriles is 1. The van der Waals surface area contributed by atoms with Gasteiger partial charge in [-0.25, -0.2) is 13.2 Å². The van der Waals surface area contributed by atoms with Gasteiger partial charge < -0.3 is 25.4 Å². The van der Waals surface area contributed by atoms with Gasteiger partial charge in [-0.1, -0.05) is 0 Å². The Bertz CT molecular complexity index is 2090. The molecule has 3 N–H and O–H groups in total. The van der Waals surface area contributed by atoms with E-state index in [0.29, 0.717) is 43.2 Å². The van der Waals surface area contributed by atoms with Gasteiger partial charge in [0, 0.05) is 74.9 Å². The number of piperazine rings is 1. The maximum atomic E-state index is 16.9. The van der Waals surface area contributed by atoms with Gasteiger partial charge in [0.1, 0.15) is 46.7 Å². The van der Waals surface area contributed by atoms with Crippen LogP contribution in [0.1, 0.15) is 51.5 Å². The van der Waals surface area contributed by atoms with Crippen LogP contribution in [0.5, 0.6) is 6.01 Å². The van der Waals surface area contributed by atoms with E-state index in [1.165, 1.54) is 12.1 Å². The van der Waals surface area contributed by atoms with Crippen molar-refractivity contribution in [2.45, 2.75) is 82.0 Å². The van der Waals surface area contributed by atoms with Crippen LogP contribution in [0.25, 0.3) is 32.2 Å². The van der Waals surface area contributed by atoms with Crippen LogP contribution in [0.2, 0.25) is 0 Å². The number of pyridine rings is 1. The summed E-state index contributed by atoms with van der Waals surface area (Å²) in [5, 5.41) is 14.3. The van der Waals surface area contributed by atoms with Crippen LogP contribution in [-0.2, 0) is 4.74 Å². The van der Waals surface area contributed by atoms with Crippen LogP contribution in [0.4, 0.5) is 24.0 Å². The fourth-order valence-electron chi connectivity index (χ4n) is 9.85. The minimum absolute atomic E-state index is 0.0162. The molecule has 0 amide bonds. The minimum atomic E-state index is -0.951. The number of halogens is 3. The molecule has 9 rings (SSSR count). The van der Waals surface area contributed by atoms with E-state index in [-0.39, 0.29) is 74.3 Å². The van der Waals surface area contributed by atoms with Gasteiger partial charge in [0.15, 0.2) is 5.82 Å². The summed E-state index contributed by atoms with van der Waals surface area (Å²) < 4.78 is 59.5. The highest BCUT2D eigenvalue weighted by molar-refractivity contribution is 7.23. The first kappa shape index (κ1) is 34.9. The molecule has 0 aliphatic carbocycles. The fraction of sp³-hybridized carbons (Fsp3) is 0.579. The van der Waals surface area contributed by atoms with Crippen LogP contribution < -0.4 is 20.7 Å². The monoisotopic (exact) mass is 747 g/mol. The number of aromatic nitrogens is 3. The van der Waals surface area contributed by atoms with Crippen LogP contribution in [0.15, 0.2) is 18.3 Å². The molecule has 5 aliphatic heterocycles. The molecule has 5 aliphatic rings. The average Bonchev–Trinajstić information content (AvgIpc) is 3.84. The quantitative estimate of drug-likeness (QED) is 0.245. The van der Waals surface area contributed by atoms with Crippen molar-refractivity contribution in [1.29, 1.82) is 5.26 Å². The van der Waals surface area contributed by atoms with Crippen LogP contribution in [-0.4, -0.2) is 113 Å². The molecular formula is C38H44F3N9O2S. The first-order chi connectivity index (χ1) is 25.6. The number of hydrogen-bond acceptors (Lipinski definition) is 12. The Morgan fingerprint density at radius 2 is 1.85 bits per heavy atom. The predicted molar refractivity (Wildman–Crippen MR) is 198 cm³/mol. The molecule has 0 radical (unpaired) electrons. The van der Waals surface area contributed by atoms with Gasteiger partial charge in [0.2, 0.25) is 0 Å². The number of hydrogen-bond donors (Lipinski definition) is 2. The number of benzene rings is 1. The molecule has 0 saturated carbocycles. The SMILES string of the molecule is C[C@@H]1CN(CC[C@@H]2CN3C[C@H](F)C[C@]3(COc3nc(N4C[C@H]5CC[C@@H](C4)N5)c4cnc(-c5ccc(F)c6sc(N)c(C#N)c56)c(F)c4n3)C2)C[C@H](C)O1. The molecule has 5 fully saturated rings. The van der Waals surface area contributed by atoms with Crippen molar-refractivity contribution in [3.05, 3.63) is 35.5 Å². The van der Waals surface area contributed by atoms with Crippen LogP contribution >= 0.6 is 11.3 Å². The number of nitrogens with zero attached hydrogens (tertiary/aromatic N) is 7. The van der Waals surface area contributed by atoms with Gasteiger partial charge in [0.05, 0.1) is 33.4 Å². The third-order valence-corrected chi connectivity index (χ3v) is 13.0. The number of morpholine rings is 1. The second kappa shape index (κ2) is 13.5. The molecule has 15 heteroatoms. The largest absolute Gasteiger partial charge is 0.461 e. The summed E-state index contributed by atoms with van der Waals surface area (Å²) >= 11 is 0.948. The van der Waals surface area contributed by atoms with E-state index in [9.17, 15) is 9.65 Å². The topological polar surface area (TPSA) is 129 Å². The van der Waals surface area contributed by atoms with Gasteiger partial charge in [-0.2, -0.15) is 15.2 Å². The average molecular weight is 748 g/mol. The van der Waals surface area contributed by atoms with E-state index < -0.39 is 23.3 Å². The Balaban J connectivity index is 1.05. The van der Waals surface area contributed by atoms with Crippen molar-refractivity contribution in [2.24, 2.45) is 5.92 Å². The number of rotatable bonds is 8. The molecular weight excluding hydrogens is 704 g/mol. The number of alkyl halides is 1. The summed E-state index contributed by atoms with van der Waals surface area (Å²) in [7, 11) is 0. The van der Waals surface area contributed by atoms with Gasteiger partial charge in [-0.05, 0) is 64.1 Å². The number of nitrogen functional groups attached to an aromatic ring is 1. The van der Waals surface area contributed by atoms with Gasteiger partial charge in [0.25, 0.3) is 0 Å². The van der Waals surface area contributed by atoms with E-state index in [1.807, 2.05) is 0 Å². The Hall–Kier alpha value is -3.81. The molecule has 0 spiro atoms. The highest BCUT2D eigenvalue weighted by Gasteiger charge is 2.52. The predicted octanol–water partition coefficient (Wildman–Crippen LogP) is 5.26. The molecule has 280 valence electrons. The zero-order chi connectivity index (χ0) is 36.6. The lowest BCUT2D eigenvalue weighted by molar-refractivity contribution is -0.0689. The van der Waals surface area contributed by atoms with E-state index in [2.05, 4.69) is 49.9 Å². The van der Waals surface area contributed by atoms with Crippen molar-refractivity contribution in [3.8, 4) is 23.3 Å². The summed E-state index contributed by atoms with van der Waals surface area (Å²) in [5.74, 6) is -0.350. The highest BCUT2D eigenvalue weighted by atomic mass is 32.1. The number of nitrogens with one attached hydrogen (secondary N) is 1. The highest BCUT2D eigenvalue weighted by Crippen LogP contribution is 2.45. The van der Waals surface area contributed by atoms with Crippen molar-refractivity contribution < 1.29 is 22.6 Å². The van der Waals surface area contributed by atoms with Crippen molar-refractivity contribution in [1.82, 2.24) is 30.1 Å². The van der Waals surface area contributed by atoms with Crippen molar-refractivity contribution >= 4 is 43.1 Å². The van der Waals surface area contributed by atoms with E-state index in [4.69, 9.17) is 20.2 Å². The van der Waals surface area contributed by atoms with E-state index in [0.717, 1.165) is 63.2 Å². The molecule has 5 saturated heterocycles. The summed E-state index contributed by atoms with van der Waals surface area (Å²) in [6.45, 7) is 9.77. The second-order valence-corrected chi connectivity index (χ2v) is 17.0. The molecule has 1 aromatic carbocycles. The fourth-order valence-corrected chi connectivity index (χ4v) is 10.8. The molecule has 8 heterocycles. The summed E-state index contributed by atoms with van der Waals surface area (Å²) in [4.78, 5) is 21.0. The number of fused-ring (bicyclic) bond motifs is 5. The molecule has 4 aromatic rings. The Morgan fingerprint density at radius 1 is 1.08 bits per heavy atom. The second-order valence-electron chi connectivity index (χ2n) is 15.9. The normalized spacial score (nSPS) is 30.4.